The molecule has 1 aliphatic carbocycles. The Morgan fingerprint density at radius 3 is 2.45 bits per heavy atom. The van der Waals surface area contributed by atoms with Crippen LogP contribution in [0, 0.1) is 23.2 Å². The molecule has 3 fully saturated rings. The van der Waals surface area contributed by atoms with Gasteiger partial charge in [-0.1, -0.05) is 12.1 Å². The molecule has 5 rings (SSSR count). The molecule has 1 aromatic rings. The number of likely N-dealkylation sites (tertiary alicyclic amines) is 1. The van der Waals surface area contributed by atoms with Crippen LogP contribution in [0.5, 0.6) is 0 Å². The Bertz CT molecular complexity index is 984. The minimum atomic E-state index is -0.558. The molecular weight excluding hydrogens is 416 g/mol. The maximum atomic E-state index is 12.9. The zero-order chi connectivity index (χ0) is 22.9. The summed E-state index contributed by atoms with van der Waals surface area (Å²) in [5.41, 5.74) is 2.98. The van der Waals surface area contributed by atoms with E-state index < -0.39 is 6.04 Å². The Kier molecular flexibility index (Phi) is 6.20. The Morgan fingerprint density at radius 1 is 1.00 bits per heavy atom. The Balaban J connectivity index is 1.17. The maximum Gasteiger partial charge on any atom is 0.255 e. The highest BCUT2D eigenvalue weighted by atomic mass is 16.2. The van der Waals surface area contributed by atoms with Crippen LogP contribution in [0.3, 0.4) is 0 Å². The van der Waals surface area contributed by atoms with Gasteiger partial charge in [0.15, 0.2) is 0 Å². The van der Waals surface area contributed by atoms with Crippen molar-refractivity contribution >= 4 is 17.7 Å². The van der Waals surface area contributed by atoms with Crippen molar-refractivity contribution in [3.05, 3.63) is 34.9 Å². The summed E-state index contributed by atoms with van der Waals surface area (Å²) in [4.78, 5) is 40.9. The van der Waals surface area contributed by atoms with E-state index in [0.717, 1.165) is 56.8 Å². The van der Waals surface area contributed by atoms with Crippen molar-refractivity contribution < 1.29 is 14.4 Å². The number of imide groups is 1. The van der Waals surface area contributed by atoms with E-state index in [0.29, 0.717) is 24.4 Å². The number of amides is 3. The van der Waals surface area contributed by atoms with Crippen molar-refractivity contribution in [3.8, 4) is 6.07 Å². The summed E-state index contributed by atoms with van der Waals surface area (Å²) >= 11 is 0. The molecule has 3 amide bonds. The number of carbonyl (C=O) groups excluding carboxylic acids is 3. The fourth-order valence-corrected chi connectivity index (χ4v) is 6.14. The van der Waals surface area contributed by atoms with Crippen LogP contribution in [0.25, 0.3) is 0 Å². The summed E-state index contributed by atoms with van der Waals surface area (Å²) in [6, 6.07) is 8.06. The molecule has 7 nitrogen and oxygen atoms in total. The number of fused-ring (bicyclic) bond motifs is 1. The van der Waals surface area contributed by atoms with Crippen molar-refractivity contribution in [2.75, 3.05) is 19.6 Å². The lowest BCUT2D eigenvalue weighted by Crippen LogP contribution is -2.52. The first kappa shape index (κ1) is 22.1. The second kappa shape index (κ2) is 9.26. The van der Waals surface area contributed by atoms with Crippen LogP contribution in [0.1, 0.15) is 78.8 Å². The lowest BCUT2D eigenvalue weighted by Gasteiger charge is -2.36. The van der Waals surface area contributed by atoms with E-state index >= 15 is 0 Å². The van der Waals surface area contributed by atoms with Gasteiger partial charge < -0.3 is 9.80 Å². The zero-order valence-electron chi connectivity index (χ0n) is 19.1. The lowest BCUT2D eigenvalue weighted by molar-refractivity contribution is -0.136. The quantitative estimate of drug-likeness (QED) is 0.715. The predicted octanol–water partition coefficient (Wildman–Crippen LogP) is 2.96. The fourth-order valence-electron chi connectivity index (χ4n) is 6.14. The van der Waals surface area contributed by atoms with Gasteiger partial charge in [0.25, 0.3) is 5.91 Å². The number of nitrogens with zero attached hydrogens (tertiary/aromatic N) is 3. The number of hydrogen-bond acceptors (Lipinski definition) is 5. The summed E-state index contributed by atoms with van der Waals surface area (Å²) in [7, 11) is 0. The maximum absolute atomic E-state index is 12.9. The van der Waals surface area contributed by atoms with Gasteiger partial charge in [0.05, 0.1) is 6.07 Å². The normalized spacial score (nSPS) is 29.0. The van der Waals surface area contributed by atoms with Gasteiger partial charge in [-0.2, -0.15) is 5.26 Å². The van der Waals surface area contributed by atoms with Gasteiger partial charge in [-0.3, -0.25) is 19.7 Å². The summed E-state index contributed by atoms with van der Waals surface area (Å²) < 4.78 is 0. The molecule has 1 saturated carbocycles. The van der Waals surface area contributed by atoms with Crippen LogP contribution in [0.15, 0.2) is 18.2 Å². The van der Waals surface area contributed by atoms with Crippen LogP contribution in [0.2, 0.25) is 0 Å². The lowest BCUT2D eigenvalue weighted by atomic mass is 9.82. The average Bonchev–Trinajstić information content (AvgIpc) is 3.15. The Labute approximate surface area is 195 Å². The highest BCUT2D eigenvalue weighted by Crippen LogP contribution is 2.35. The molecule has 174 valence electrons. The number of rotatable bonds is 4. The monoisotopic (exact) mass is 448 g/mol. The van der Waals surface area contributed by atoms with Gasteiger partial charge in [-0.05, 0) is 87.1 Å². The number of piperidine rings is 2. The van der Waals surface area contributed by atoms with Gasteiger partial charge in [0.2, 0.25) is 11.8 Å². The van der Waals surface area contributed by atoms with Crippen molar-refractivity contribution in [1.82, 2.24) is 15.1 Å². The average molecular weight is 449 g/mol. The van der Waals surface area contributed by atoms with Crippen molar-refractivity contribution in [1.29, 1.82) is 5.26 Å². The molecule has 0 radical (unpaired) electrons. The van der Waals surface area contributed by atoms with E-state index in [1.165, 1.54) is 18.4 Å². The number of nitriles is 1. The standard InChI is InChI=1S/C26H32N4O3/c27-14-17-1-3-18(4-2-17)15-29-11-9-19(10-12-29)20-5-6-22-21(13-20)16-30(26(22)33)23-7-8-24(31)28-25(23)32/h5-6,13,17-19,23H,1-4,7-12,15-16H2,(H,28,31,32). The van der Waals surface area contributed by atoms with Crippen LogP contribution in [0.4, 0.5) is 0 Å². The third kappa shape index (κ3) is 4.54. The largest absolute Gasteiger partial charge is 0.322 e. The molecule has 1 N–H and O–H groups in total. The predicted molar refractivity (Wildman–Crippen MR) is 122 cm³/mol. The summed E-state index contributed by atoms with van der Waals surface area (Å²) in [6.45, 7) is 3.80. The van der Waals surface area contributed by atoms with E-state index in [1.54, 1.807) is 4.90 Å². The first-order valence-electron chi connectivity index (χ1n) is 12.4. The molecule has 0 aromatic heterocycles. The third-order valence-electron chi connectivity index (χ3n) is 8.15. The second-order valence-electron chi connectivity index (χ2n) is 10.2. The molecular formula is C26H32N4O3. The van der Waals surface area contributed by atoms with E-state index in [2.05, 4.69) is 28.4 Å². The summed E-state index contributed by atoms with van der Waals surface area (Å²) in [6.07, 6.45) is 7.40. The van der Waals surface area contributed by atoms with Crippen LogP contribution < -0.4 is 5.32 Å². The number of hydrogen-bond donors (Lipinski definition) is 1. The van der Waals surface area contributed by atoms with E-state index in [1.807, 2.05) is 6.07 Å². The van der Waals surface area contributed by atoms with Crippen molar-refractivity contribution in [3.63, 3.8) is 0 Å². The van der Waals surface area contributed by atoms with E-state index in [-0.39, 0.29) is 30.1 Å². The second-order valence-corrected chi connectivity index (χ2v) is 10.2. The molecule has 1 aromatic carbocycles. The van der Waals surface area contributed by atoms with E-state index in [4.69, 9.17) is 5.26 Å². The number of carbonyl (C=O) groups is 3. The zero-order valence-corrected chi connectivity index (χ0v) is 19.1. The molecule has 2 saturated heterocycles. The SMILES string of the molecule is N#CC1CCC(CN2CCC(c3ccc4c(c3)CN(C3CCC(=O)NC3=O)C4=O)CC2)CC1. The number of nitrogens with one attached hydrogen (secondary N) is 1. The Hall–Kier alpha value is -2.72. The molecule has 1 unspecified atom stereocenters. The van der Waals surface area contributed by atoms with Crippen LogP contribution >= 0.6 is 0 Å². The highest BCUT2D eigenvalue weighted by molar-refractivity contribution is 6.05. The molecule has 4 aliphatic rings. The number of benzene rings is 1. The van der Waals surface area contributed by atoms with Crippen LogP contribution in [-0.2, 0) is 16.1 Å². The minimum absolute atomic E-state index is 0.105. The first-order valence-corrected chi connectivity index (χ1v) is 12.4. The van der Waals surface area contributed by atoms with Crippen LogP contribution in [-0.4, -0.2) is 53.2 Å². The summed E-state index contributed by atoms with van der Waals surface area (Å²) in [5, 5.41) is 11.5. The molecule has 0 bridgehead atoms. The Morgan fingerprint density at radius 2 is 1.76 bits per heavy atom. The minimum Gasteiger partial charge on any atom is -0.322 e. The van der Waals surface area contributed by atoms with Gasteiger partial charge in [0, 0.05) is 31.0 Å². The van der Waals surface area contributed by atoms with Crippen molar-refractivity contribution in [2.24, 2.45) is 11.8 Å². The molecule has 3 aliphatic heterocycles. The summed E-state index contributed by atoms with van der Waals surface area (Å²) in [5.74, 6) is 0.776. The first-order chi connectivity index (χ1) is 16.0. The smallest absolute Gasteiger partial charge is 0.255 e. The fraction of sp³-hybridized carbons (Fsp3) is 0.615. The molecule has 1 atom stereocenters. The van der Waals surface area contributed by atoms with Gasteiger partial charge in [-0.15, -0.1) is 0 Å². The molecule has 0 spiro atoms. The van der Waals surface area contributed by atoms with Gasteiger partial charge in [-0.25, -0.2) is 0 Å². The van der Waals surface area contributed by atoms with Gasteiger partial charge in [0.1, 0.15) is 6.04 Å². The molecule has 3 heterocycles. The van der Waals surface area contributed by atoms with Crippen molar-refractivity contribution in [2.45, 2.75) is 69.9 Å². The molecule has 33 heavy (non-hydrogen) atoms. The van der Waals surface area contributed by atoms with E-state index in [9.17, 15) is 14.4 Å². The molecule has 7 heteroatoms. The topological polar surface area (TPSA) is 93.5 Å². The third-order valence-corrected chi connectivity index (χ3v) is 8.15. The van der Waals surface area contributed by atoms with Gasteiger partial charge >= 0.3 is 0 Å². The highest BCUT2D eigenvalue weighted by Gasteiger charge is 2.39.